The van der Waals surface area contributed by atoms with Gasteiger partial charge in [-0.25, -0.2) is 0 Å². The van der Waals surface area contributed by atoms with Gasteiger partial charge in [0, 0.05) is 12.3 Å². The minimum Gasteiger partial charge on any atom is -0.299 e. The molecule has 0 heterocycles. The zero-order valence-electron chi connectivity index (χ0n) is 11.2. The van der Waals surface area contributed by atoms with Gasteiger partial charge in [0.1, 0.15) is 5.78 Å². The second kappa shape index (κ2) is 5.03. The van der Waals surface area contributed by atoms with Crippen LogP contribution in [-0.2, 0) is 11.2 Å². The smallest absolute Gasteiger partial charge is 0.135 e. The van der Waals surface area contributed by atoms with E-state index in [2.05, 4.69) is 32.9 Å². The van der Waals surface area contributed by atoms with E-state index >= 15 is 0 Å². The van der Waals surface area contributed by atoms with Crippen molar-refractivity contribution in [2.75, 3.05) is 0 Å². The van der Waals surface area contributed by atoms with E-state index in [1.807, 2.05) is 0 Å². The molecule has 2 rings (SSSR count). The minimum absolute atomic E-state index is 0.343. The van der Waals surface area contributed by atoms with Crippen LogP contribution in [0, 0.1) is 26.7 Å². The van der Waals surface area contributed by atoms with Crippen LogP contribution in [-0.4, -0.2) is 5.78 Å². The highest BCUT2D eigenvalue weighted by atomic mass is 16.1. The van der Waals surface area contributed by atoms with Crippen LogP contribution in [0.4, 0.5) is 0 Å². The van der Waals surface area contributed by atoms with Gasteiger partial charge in [-0.2, -0.15) is 0 Å². The van der Waals surface area contributed by atoms with Crippen LogP contribution in [0.1, 0.15) is 47.9 Å². The maximum absolute atomic E-state index is 11.6. The molecule has 1 nitrogen and oxygen atoms in total. The summed E-state index contributed by atoms with van der Waals surface area (Å²) >= 11 is 0. The van der Waals surface area contributed by atoms with E-state index in [0.717, 1.165) is 32.1 Å². The van der Waals surface area contributed by atoms with Crippen LogP contribution in [0.3, 0.4) is 0 Å². The number of hydrogen-bond donors (Lipinski definition) is 0. The van der Waals surface area contributed by atoms with Crippen LogP contribution < -0.4 is 0 Å². The number of aryl methyl sites for hydroxylation is 3. The van der Waals surface area contributed by atoms with Crippen molar-refractivity contribution >= 4 is 5.78 Å². The van der Waals surface area contributed by atoms with E-state index in [0.29, 0.717) is 11.7 Å². The van der Waals surface area contributed by atoms with Gasteiger partial charge in [-0.1, -0.05) is 17.7 Å². The first-order chi connectivity index (χ1) is 8.08. The topological polar surface area (TPSA) is 17.1 Å². The van der Waals surface area contributed by atoms with Gasteiger partial charge >= 0.3 is 0 Å². The van der Waals surface area contributed by atoms with Crippen molar-refractivity contribution in [3.8, 4) is 0 Å². The predicted octanol–water partition coefficient (Wildman–Crippen LogP) is 3.91. The SMILES string of the molecule is Cc1cc(C)c(CCC2CCCC2=O)c(C)c1. The van der Waals surface area contributed by atoms with Gasteiger partial charge in [-0.3, -0.25) is 4.79 Å². The minimum atomic E-state index is 0.343. The van der Waals surface area contributed by atoms with E-state index in [-0.39, 0.29) is 0 Å². The van der Waals surface area contributed by atoms with Gasteiger partial charge in [0.05, 0.1) is 0 Å². The fourth-order valence-electron chi connectivity index (χ4n) is 3.12. The van der Waals surface area contributed by atoms with Gasteiger partial charge in [0.25, 0.3) is 0 Å². The number of carbonyl (C=O) groups excluding carboxylic acids is 1. The largest absolute Gasteiger partial charge is 0.299 e. The number of hydrogen-bond acceptors (Lipinski definition) is 1. The summed E-state index contributed by atoms with van der Waals surface area (Å²) < 4.78 is 0. The van der Waals surface area contributed by atoms with Gasteiger partial charge in [-0.05, 0) is 63.1 Å². The molecule has 1 heteroatoms. The maximum Gasteiger partial charge on any atom is 0.135 e. The second-order valence-electron chi connectivity index (χ2n) is 5.47. The molecule has 0 aromatic heterocycles. The molecule has 0 N–H and O–H groups in total. The summed E-state index contributed by atoms with van der Waals surface area (Å²) in [7, 11) is 0. The lowest BCUT2D eigenvalue weighted by molar-refractivity contribution is -0.120. The van der Waals surface area contributed by atoms with Crippen LogP contribution in [0.25, 0.3) is 0 Å². The third-order valence-corrected chi connectivity index (χ3v) is 4.01. The van der Waals surface area contributed by atoms with E-state index in [4.69, 9.17) is 0 Å². The Morgan fingerprint density at radius 2 is 1.82 bits per heavy atom. The Balaban J connectivity index is 2.06. The lowest BCUT2D eigenvalue weighted by atomic mass is 9.91. The van der Waals surface area contributed by atoms with Crippen LogP contribution in [0.5, 0.6) is 0 Å². The first kappa shape index (κ1) is 12.3. The van der Waals surface area contributed by atoms with Gasteiger partial charge < -0.3 is 0 Å². The average Bonchev–Trinajstić information content (AvgIpc) is 2.62. The van der Waals surface area contributed by atoms with Gasteiger partial charge in [0.15, 0.2) is 0 Å². The molecule has 1 atom stereocenters. The third-order valence-electron chi connectivity index (χ3n) is 4.01. The first-order valence-corrected chi connectivity index (χ1v) is 6.67. The number of benzene rings is 1. The Bertz CT molecular complexity index is 408. The van der Waals surface area contributed by atoms with E-state index in [1.165, 1.54) is 22.3 Å². The lowest BCUT2D eigenvalue weighted by Crippen LogP contribution is -2.08. The van der Waals surface area contributed by atoms with E-state index in [9.17, 15) is 4.79 Å². The van der Waals surface area contributed by atoms with Crippen molar-refractivity contribution in [3.63, 3.8) is 0 Å². The molecular formula is C16H22O. The Hall–Kier alpha value is -1.11. The van der Waals surface area contributed by atoms with Gasteiger partial charge in [-0.15, -0.1) is 0 Å². The monoisotopic (exact) mass is 230 g/mol. The van der Waals surface area contributed by atoms with Crippen molar-refractivity contribution in [3.05, 3.63) is 34.4 Å². The molecule has 0 saturated heterocycles. The van der Waals surface area contributed by atoms with Crippen molar-refractivity contribution in [1.82, 2.24) is 0 Å². The highest BCUT2D eigenvalue weighted by molar-refractivity contribution is 5.82. The fourth-order valence-corrected chi connectivity index (χ4v) is 3.12. The van der Waals surface area contributed by atoms with E-state index in [1.54, 1.807) is 0 Å². The predicted molar refractivity (Wildman–Crippen MR) is 71.3 cm³/mol. The second-order valence-corrected chi connectivity index (χ2v) is 5.47. The Morgan fingerprint density at radius 3 is 2.35 bits per heavy atom. The average molecular weight is 230 g/mol. The molecule has 1 aromatic carbocycles. The molecule has 92 valence electrons. The number of rotatable bonds is 3. The summed E-state index contributed by atoms with van der Waals surface area (Å²) in [6.07, 6.45) is 5.15. The molecule has 1 saturated carbocycles. The molecule has 1 fully saturated rings. The molecule has 0 radical (unpaired) electrons. The van der Waals surface area contributed by atoms with Crippen LogP contribution >= 0.6 is 0 Å². The summed E-state index contributed by atoms with van der Waals surface area (Å²) in [4.78, 5) is 11.6. The van der Waals surface area contributed by atoms with Crippen molar-refractivity contribution < 1.29 is 4.79 Å². The summed E-state index contributed by atoms with van der Waals surface area (Å²) in [5.74, 6) is 0.836. The summed E-state index contributed by atoms with van der Waals surface area (Å²) in [5, 5.41) is 0. The molecular weight excluding hydrogens is 208 g/mol. The molecule has 0 bridgehead atoms. The molecule has 1 aromatic rings. The molecule has 17 heavy (non-hydrogen) atoms. The molecule has 0 aliphatic heterocycles. The summed E-state index contributed by atoms with van der Waals surface area (Å²) in [6, 6.07) is 4.50. The molecule has 1 aliphatic carbocycles. The number of ketones is 1. The summed E-state index contributed by atoms with van der Waals surface area (Å²) in [5.41, 5.74) is 5.55. The molecule has 1 aliphatic rings. The number of Topliss-reactive ketones (excluding diaryl/α,β-unsaturated/α-hetero) is 1. The Labute approximate surface area is 104 Å². The van der Waals surface area contributed by atoms with Gasteiger partial charge in [0.2, 0.25) is 0 Å². The Morgan fingerprint density at radius 1 is 1.18 bits per heavy atom. The zero-order chi connectivity index (χ0) is 12.4. The zero-order valence-corrected chi connectivity index (χ0v) is 11.2. The van der Waals surface area contributed by atoms with Crippen LogP contribution in [0.15, 0.2) is 12.1 Å². The fraction of sp³-hybridized carbons (Fsp3) is 0.562. The molecule has 0 spiro atoms. The maximum atomic E-state index is 11.6. The first-order valence-electron chi connectivity index (χ1n) is 6.67. The van der Waals surface area contributed by atoms with E-state index < -0.39 is 0 Å². The normalized spacial score (nSPS) is 19.9. The molecule has 0 amide bonds. The van der Waals surface area contributed by atoms with Crippen LogP contribution in [0.2, 0.25) is 0 Å². The third kappa shape index (κ3) is 2.77. The number of carbonyl (C=O) groups is 1. The van der Waals surface area contributed by atoms with Crippen molar-refractivity contribution in [2.45, 2.75) is 52.9 Å². The quantitative estimate of drug-likeness (QED) is 0.769. The lowest BCUT2D eigenvalue weighted by Gasteiger charge is -2.13. The Kier molecular flexibility index (Phi) is 3.66. The highest BCUT2D eigenvalue weighted by Crippen LogP contribution is 2.27. The van der Waals surface area contributed by atoms with Crippen molar-refractivity contribution in [1.29, 1.82) is 0 Å². The standard InChI is InChI=1S/C16H22O/c1-11-9-12(2)15(13(3)10-11)8-7-14-5-4-6-16(14)17/h9-10,14H,4-8H2,1-3H3. The highest BCUT2D eigenvalue weighted by Gasteiger charge is 2.24. The molecule has 1 unspecified atom stereocenters. The summed E-state index contributed by atoms with van der Waals surface area (Å²) in [6.45, 7) is 6.52. The van der Waals surface area contributed by atoms with Crippen molar-refractivity contribution in [2.24, 2.45) is 5.92 Å².